The fourth-order valence-corrected chi connectivity index (χ4v) is 4.91. The smallest absolute Gasteiger partial charge is 0.225 e. The van der Waals surface area contributed by atoms with Gasteiger partial charge in [0.2, 0.25) is 16.9 Å². The number of carbonyl (C=O) groups excluding carboxylic acids is 2. The van der Waals surface area contributed by atoms with Crippen molar-refractivity contribution in [3.8, 4) is 0 Å². The van der Waals surface area contributed by atoms with Gasteiger partial charge < -0.3 is 14.7 Å². The van der Waals surface area contributed by atoms with Gasteiger partial charge in [-0.2, -0.15) is 4.37 Å². The number of aromatic nitrogens is 2. The third-order valence-electron chi connectivity index (χ3n) is 5.88. The number of carbonyl (C=O) groups is 2. The molecule has 3 heterocycles. The molecular formula is C21H26ClN5O2S. The predicted molar refractivity (Wildman–Crippen MR) is 118 cm³/mol. The first kappa shape index (κ1) is 21.1. The Balaban J connectivity index is 1.27. The second kappa shape index (κ2) is 9.31. The number of halogens is 1. The Labute approximate surface area is 185 Å². The predicted octanol–water partition coefficient (Wildman–Crippen LogP) is 2.69. The molecule has 30 heavy (non-hydrogen) atoms. The van der Waals surface area contributed by atoms with E-state index in [0.717, 1.165) is 47.5 Å². The number of rotatable bonds is 4. The van der Waals surface area contributed by atoms with Gasteiger partial charge in [-0.15, -0.1) is 0 Å². The number of nitrogens with zero attached hydrogens (tertiary/aromatic N) is 5. The van der Waals surface area contributed by atoms with E-state index in [1.165, 1.54) is 11.5 Å². The summed E-state index contributed by atoms with van der Waals surface area (Å²) in [6.07, 6.45) is 2.35. The van der Waals surface area contributed by atoms with Crippen LogP contribution in [-0.2, 0) is 16.0 Å². The van der Waals surface area contributed by atoms with Gasteiger partial charge in [-0.05, 0) is 30.5 Å². The molecule has 2 saturated heterocycles. The average Bonchev–Trinajstić information content (AvgIpc) is 3.23. The third-order valence-corrected chi connectivity index (χ3v) is 6.95. The van der Waals surface area contributed by atoms with Crippen molar-refractivity contribution in [1.29, 1.82) is 0 Å². The second-order valence-electron chi connectivity index (χ2n) is 7.89. The minimum atomic E-state index is 0.0617. The summed E-state index contributed by atoms with van der Waals surface area (Å²) in [7, 11) is 0. The van der Waals surface area contributed by atoms with Crippen LogP contribution in [0.3, 0.4) is 0 Å². The Morgan fingerprint density at radius 2 is 1.67 bits per heavy atom. The molecule has 0 atom stereocenters. The van der Waals surface area contributed by atoms with Gasteiger partial charge in [-0.3, -0.25) is 9.59 Å². The Morgan fingerprint density at radius 3 is 2.30 bits per heavy atom. The van der Waals surface area contributed by atoms with Crippen LogP contribution in [0.15, 0.2) is 24.3 Å². The molecule has 0 N–H and O–H groups in total. The molecule has 0 bridgehead atoms. The van der Waals surface area contributed by atoms with Crippen LogP contribution >= 0.6 is 23.1 Å². The van der Waals surface area contributed by atoms with Crippen LogP contribution < -0.4 is 4.90 Å². The number of anilines is 1. The topological polar surface area (TPSA) is 69.6 Å². The minimum absolute atomic E-state index is 0.0617. The maximum atomic E-state index is 12.9. The largest absolute Gasteiger partial charge is 0.347 e. The standard InChI is InChI=1S/C21H26ClN5O2S/c1-15(28)25-10-12-26(13-11-25)20(29)17-6-8-27(9-7-17)21-23-19(24-30-21)14-16-2-4-18(22)5-3-16/h2-5,17H,6-14H2,1H3. The highest BCUT2D eigenvalue weighted by atomic mass is 35.5. The number of piperazine rings is 1. The molecule has 160 valence electrons. The van der Waals surface area contributed by atoms with Crippen molar-refractivity contribution >= 4 is 40.1 Å². The molecule has 2 aliphatic rings. The van der Waals surface area contributed by atoms with E-state index in [0.29, 0.717) is 32.6 Å². The van der Waals surface area contributed by atoms with E-state index in [-0.39, 0.29) is 17.7 Å². The highest BCUT2D eigenvalue weighted by molar-refractivity contribution is 7.09. The van der Waals surface area contributed by atoms with E-state index < -0.39 is 0 Å². The molecule has 1 aromatic heterocycles. The van der Waals surface area contributed by atoms with Gasteiger partial charge >= 0.3 is 0 Å². The zero-order chi connectivity index (χ0) is 21.1. The SMILES string of the molecule is CC(=O)N1CCN(C(=O)C2CCN(c3nc(Cc4ccc(Cl)cc4)ns3)CC2)CC1. The lowest BCUT2D eigenvalue weighted by molar-refractivity contribution is -0.141. The van der Waals surface area contributed by atoms with Crippen LogP contribution in [0.4, 0.5) is 5.13 Å². The van der Waals surface area contributed by atoms with Crippen molar-refractivity contribution in [2.75, 3.05) is 44.2 Å². The summed E-state index contributed by atoms with van der Waals surface area (Å²) in [5, 5.41) is 1.66. The molecule has 2 amide bonds. The second-order valence-corrected chi connectivity index (χ2v) is 9.06. The quantitative estimate of drug-likeness (QED) is 0.720. The molecule has 0 radical (unpaired) electrons. The van der Waals surface area contributed by atoms with Gasteiger partial charge in [0.05, 0.1) is 0 Å². The highest BCUT2D eigenvalue weighted by Gasteiger charge is 2.31. The van der Waals surface area contributed by atoms with Crippen molar-refractivity contribution in [2.24, 2.45) is 5.92 Å². The van der Waals surface area contributed by atoms with E-state index in [1.807, 2.05) is 34.1 Å². The Bertz CT molecular complexity index is 887. The van der Waals surface area contributed by atoms with Crippen LogP contribution in [0.2, 0.25) is 5.02 Å². The molecule has 1 aromatic carbocycles. The van der Waals surface area contributed by atoms with E-state index in [9.17, 15) is 9.59 Å². The first-order chi connectivity index (χ1) is 14.5. The molecule has 7 nitrogen and oxygen atoms in total. The van der Waals surface area contributed by atoms with Gasteiger partial charge in [0.25, 0.3) is 0 Å². The van der Waals surface area contributed by atoms with Gasteiger partial charge in [0.15, 0.2) is 0 Å². The summed E-state index contributed by atoms with van der Waals surface area (Å²) in [6.45, 7) is 5.79. The summed E-state index contributed by atoms with van der Waals surface area (Å²) in [5.41, 5.74) is 1.14. The molecule has 2 fully saturated rings. The summed E-state index contributed by atoms with van der Waals surface area (Å²) in [5.74, 6) is 1.20. The number of amides is 2. The maximum absolute atomic E-state index is 12.9. The summed E-state index contributed by atoms with van der Waals surface area (Å²) in [6, 6.07) is 7.75. The van der Waals surface area contributed by atoms with E-state index in [1.54, 1.807) is 6.92 Å². The molecule has 0 saturated carbocycles. The first-order valence-corrected chi connectivity index (χ1v) is 11.5. The van der Waals surface area contributed by atoms with Crippen molar-refractivity contribution in [3.05, 3.63) is 40.7 Å². The lowest BCUT2D eigenvalue weighted by atomic mass is 9.95. The molecule has 0 unspecified atom stereocenters. The molecule has 2 aliphatic heterocycles. The fraction of sp³-hybridized carbons (Fsp3) is 0.524. The van der Waals surface area contributed by atoms with E-state index in [4.69, 9.17) is 16.6 Å². The van der Waals surface area contributed by atoms with Gasteiger partial charge in [-0.25, -0.2) is 4.98 Å². The number of hydrogen-bond donors (Lipinski definition) is 0. The van der Waals surface area contributed by atoms with Crippen molar-refractivity contribution < 1.29 is 9.59 Å². The monoisotopic (exact) mass is 447 g/mol. The van der Waals surface area contributed by atoms with Crippen LogP contribution in [0, 0.1) is 5.92 Å². The van der Waals surface area contributed by atoms with Crippen molar-refractivity contribution in [3.63, 3.8) is 0 Å². The number of piperidine rings is 1. The zero-order valence-electron chi connectivity index (χ0n) is 17.1. The van der Waals surface area contributed by atoms with Crippen LogP contribution in [0.5, 0.6) is 0 Å². The van der Waals surface area contributed by atoms with Crippen molar-refractivity contribution in [1.82, 2.24) is 19.2 Å². The maximum Gasteiger partial charge on any atom is 0.225 e. The number of hydrogen-bond acceptors (Lipinski definition) is 6. The summed E-state index contributed by atoms with van der Waals surface area (Å²) >= 11 is 7.37. The van der Waals surface area contributed by atoms with Gasteiger partial charge in [0, 0.05) is 75.1 Å². The lowest BCUT2D eigenvalue weighted by Crippen LogP contribution is -2.52. The average molecular weight is 448 g/mol. The molecule has 9 heteroatoms. The van der Waals surface area contributed by atoms with Gasteiger partial charge in [0.1, 0.15) is 5.82 Å². The fourth-order valence-electron chi connectivity index (χ4n) is 4.05. The van der Waals surface area contributed by atoms with Crippen molar-refractivity contribution in [2.45, 2.75) is 26.2 Å². The summed E-state index contributed by atoms with van der Waals surface area (Å²) in [4.78, 5) is 35.0. The normalized spacial score (nSPS) is 18.0. The number of benzene rings is 1. The van der Waals surface area contributed by atoms with Crippen LogP contribution in [0.1, 0.15) is 31.2 Å². The van der Waals surface area contributed by atoms with Crippen LogP contribution in [-0.4, -0.2) is 70.2 Å². The molecule has 0 aliphatic carbocycles. The van der Waals surface area contributed by atoms with E-state index >= 15 is 0 Å². The molecule has 4 rings (SSSR count). The Morgan fingerprint density at radius 1 is 1.03 bits per heavy atom. The summed E-state index contributed by atoms with van der Waals surface area (Å²) < 4.78 is 4.51. The van der Waals surface area contributed by atoms with Crippen LogP contribution in [0.25, 0.3) is 0 Å². The molecular weight excluding hydrogens is 422 g/mol. The minimum Gasteiger partial charge on any atom is -0.347 e. The Hall–Kier alpha value is -2.19. The highest BCUT2D eigenvalue weighted by Crippen LogP contribution is 2.27. The lowest BCUT2D eigenvalue weighted by Gasteiger charge is -2.38. The third kappa shape index (κ3) is 4.92. The first-order valence-electron chi connectivity index (χ1n) is 10.4. The molecule has 0 spiro atoms. The zero-order valence-corrected chi connectivity index (χ0v) is 18.7. The Kier molecular flexibility index (Phi) is 6.53. The van der Waals surface area contributed by atoms with Gasteiger partial charge in [-0.1, -0.05) is 23.7 Å². The molecule has 2 aromatic rings. The van der Waals surface area contributed by atoms with E-state index in [2.05, 4.69) is 9.27 Å².